The number of para-hydroxylation sites is 1. The van der Waals surface area contributed by atoms with Gasteiger partial charge in [-0.1, -0.05) is 30.3 Å². The number of benzene rings is 2. The summed E-state index contributed by atoms with van der Waals surface area (Å²) in [4.78, 5) is 65.1. The van der Waals surface area contributed by atoms with Crippen molar-refractivity contribution in [1.82, 2.24) is 29.6 Å². The van der Waals surface area contributed by atoms with E-state index in [1.807, 2.05) is 61.6 Å². The van der Waals surface area contributed by atoms with Crippen LogP contribution in [0.1, 0.15) is 24.1 Å². The number of nitrogens with two attached hydrogens (primary N) is 1. The molecule has 2 saturated heterocycles. The number of nitrogens with zero attached hydrogens (tertiary/aromatic N) is 6. The van der Waals surface area contributed by atoms with Crippen molar-refractivity contribution in [3.63, 3.8) is 0 Å². The first-order valence-corrected chi connectivity index (χ1v) is 15.8. The van der Waals surface area contributed by atoms with Crippen LogP contribution in [0.2, 0.25) is 0 Å². The molecule has 2 atom stereocenters. The number of rotatable bonds is 11. The number of amides is 4. The smallest absolute Gasteiger partial charge is 0.250 e. The van der Waals surface area contributed by atoms with Gasteiger partial charge in [-0.2, -0.15) is 0 Å². The zero-order valence-corrected chi connectivity index (χ0v) is 27.5. The van der Waals surface area contributed by atoms with Gasteiger partial charge < -0.3 is 40.0 Å². The van der Waals surface area contributed by atoms with E-state index in [9.17, 15) is 19.2 Å². The summed E-state index contributed by atoms with van der Waals surface area (Å²) >= 11 is 0. The van der Waals surface area contributed by atoms with Gasteiger partial charge in [0.25, 0.3) is 5.91 Å². The standard InChI is InChI=1S/C34H44N8O5/c1-38(2)30(43)21-41-23-42(25-8-6-5-7-9-25)34(33(41)46)14-16-40(17-15-34)32(45)29(18-24-10-12-27(47-4)13-11-24)37-31(44)28(35)19-26-20-36-22-39(26)3/h5-13,20,22,28-29H,14-19,21,23,35H2,1-4H3,(H,37,44)/t28-,29+/m0/s1. The van der Waals surface area contributed by atoms with E-state index < -0.39 is 23.5 Å². The molecule has 13 nitrogen and oxygen atoms in total. The predicted octanol–water partition coefficient (Wildman–Crippen LogP) is 0.782. The Morgan fingerprint density at radius 3 is 2.32 bits per heavy atom. The number of imidazole rings is 1. The number of likely N-dealkylation sites (tertiary alicyclic amines) is 1. The summed E-state index contributed by atoms with van der Waals surface area (Å²) in [7, 11) is 6.76. The van der Waals surface area contributed by atoms with Gasteiger partial charge in [-0.25, -0.2) is 4.98 Å². The SMILES string of the molecule is COc1ccc(C[C@@H](NC(=O)[C@@H](N)Cc2cncn2C)C(=O)N2CCC3(CC2)C(=O)N(CC(=O)N(C)C)CN3c2ccccc2)cc1. The third-order valence-corrected chi connectivity index (χ3v) is 9.20. The van der Waals surface area contributed by atoms with Gasteiger partial charge in [0.2, 0.25) is 17.7 Å². The second-order valence-electron chi connectivity index (χ2n) is 12.5. The second kappa shape index (κ2) is 14.2. The molecule has 13 heteroatoms. The fourth-order valence-corrected chi connectivity index (χ4v) is 6.32. The molecule has 2 fully saturated rings. The number of ether oxygens (including phenoxy) is 1. The minimum absolute atomic E-state index is 0.0192. The van der Waals surface area contributed by atoms with Gasteiger partial charge >= 0.3 is 0 Å². The lowest BCUT2D eigenvalue weighted by molar-refractivity contribution is -0.142. The molecular formula is C34H44N8O5. The molecule has 3 N–H and O–H groups in total. The number of anilines is 1. The molecule has 0 unspecified atom stereocenters. The van der Waals surface area contributed by atoms with Gasteiger partial charge in [0, 0.05) is 64.7 Å². The number of hydrogen-bond donors (Lipinski definition) is 2. The van der Waals surface area contributed by atoms with Crippen LogP contribution in [0.4, 0.5) is 5.69 Å². The van der Waals surface area contributed by atoms with Crippen molar-refractivity contribution in [2.75, 3.05) is 52.4 Å². The summed E-state index contributed by atoms with van der Waals surface area (Å²) in [6, 6.07) is 15.3. The third kappa shape index (κ3) is 7.25. The summed E-state index contributed by atoms with van der Waals surface area (Å²) in [5.74, 6) is -0.268. The maximum absolute atomic E-state index is 14.1. The second-order valence-corrected chi connectivity index (χ2v) is 12.5. The van der Waals surface area contributed by atoms with Crippen LogP contribution in [-0.2, 0) is 39.1 Å². The molecule has 4 amide bonds. The van der Waals surface area contributed by atoms with Gasteiger partial charge in [-0.3, -0.25) is 19.2 Å². The molecule has 0 saturated carbocycles. The fraction of sp³-hybridized carbons (Fsp3) is 0.441. The Balaban J connectivity index is 1.34. The molecular weight excluding hydrogens is 600 g/mol. The Kier molecular flexibility index (Phi) is 10.1. The number of aromatic nitrogens is 2. The van der Waals surface area contributed by atoms with Crippen molar-refractivity contribution in [1.29, 1.82) is 0 Å². The van der Waals surface area contributed by atoms with Crippen LogP contribution in [0.3, 0.4) is 0 Å². The number of likely N-dealkylation sites (N-methyl/N-ethyl adjacent to an activating group) is 1. The summed E-state index contributed by atoms with van der Waals surface area (Å²) in [5.41, 5.74) is 7.93. The van der Waals surface area contributed by atoms with E-state index >= 15 is 0 Å². The number of methoxy groups -OCH3 is 1. The van der Waals surface area contributed by atoms with Crippen molar-refractivity contribution in [3.8, 4) is 5.75 Å². The summed E-state index contributed by atoms with van der Waals surface area (Å²) in [6.07, 6.45) is 4.58. The largest absolute Gasteiger partial charge is 0.497 e. The molecule has 2 aliphatic rings. The zero-order valence-electron chi connectivity index (χ0n) is 27.5. The van der Waals surface area contributed by atoms with Crippen LogP contribution in [0, 0.1) is 0 Å². The molecule has 1 aromatic heterocycles. The van der Waals surface area contributed by atoms with Crippen LogP contribution >= 0.6 is 0 Å². The Morgan fingerprint density at radius 1 is 1.04 bits per heavy atom. The molecule has 47 heavy (non-hydrogen) atoms. The molecule has 0 aliphatic carbocycles. The molecule has 1 spiro atoms. The predicted molar refractivity (Wildman–Crippen MR) is 176 cm³/mol. The van der Waals surface area contributed by atoms with Crippen molar-refractivity contribution >= 4 is 29.3 Å². The number of carbonyl (C=O) groups excluding carboxylic acids is 4. The minimum Gasteiger partial charge on any atom is -0.497 e. The van der Waals surface area contributed by atoms with E-state index in [0.29, 0.717) is 31.7 Å². The number of carbonyl (C=O) groups is 4. The van der Waals surface area contributed by atoms with Crippen molar-refractivity contribution < 1.29 is 23.9 Å². The summed E-state index contributed by atoms with van der Waals surface area (Å²) in [6.45, 7) is 0.870. The Labute approximate surface area is 275 Å². The van der Waals surface area contributed by atoms with Gasteiger partial charge in [0.15, 0.2) is 0 Å². The first-order chi connectivity index (χ1) is 22.5. The molecule has 3 heterocycles. The van der Waals surface area contributed by atoms with Gasteiger partial charge in [-0.15, -0.1) is 0 Å². The Morgan fingerprint density at radius 2 is 1.72 bits per heavy atom. The van der Waals surface area contributed by atoms with E-state index in [2.05, 4.69) is 15.2 Å². The number of aryl methyl sites for hydroxylation is 1. The van der Waals surface area contributed by atoms with Gasteiger partial charge in [-0.05, 0) is 42.7 Å². The van der Waals surface area contributed by atoms with E-state index in [-0.39, 0.29) is 43.8 Å². The Hall–Kier alpha value is -4.91. The fourth-order valence-electron chi connectivity index (χ4n) is 6.32. The van der Waals surface area contributed by atoms with Crippen molar-refractivity contribution in [3.05, 3.63) is 78.4 Å². The molecule has 250 valence electrons. The number of hydrogen-bond acceptors (Lipinski definition) is 8. The highest BCUT2D eigenvalue weighted by Gasteiger charge is 2.54. The lowest BCUT2D eigenvalue weighted by atomic mass is 9.85. The minimum atomic E-state index is -0.898. The molecule has 0 radical (unpaired) electrons. The average Bonchev–Trinajstić information content (AvgIpc) is 3.60. The van der Waals surface area contributed by atoms with Crippen molar-refractivity contribution in [2.45, 2.75) is 43.3 Å². The topological polar surface area (TPSA) is 146 Å². The monoisotopic (exact) mass is 644 g/mol. The van der Waals surface area contributed by atoms with E-state index in [1.54, 1.807) is 48.1 Å². The highest BCUT2D eigenvalue weighted by molar-refractivity contribution is 5.96. The summed E-state index contributed by atoms with van der Waals surface area (Å²) in [5, 5.41) is 2.92. The lowest BCUT2D eigenvalue weighted by Crippen LogP contribution is -2.60. The molecule has 2 aliphatic heterocycles. The van der Waals surface area contributed by atoms with E-state index in [1.165, 1.54) is 4.90 Å². The zero-order chi connectivity index (χ0) is 33.7. The molecule has 5 rings (SSSR count). The first kappa shape index (κ1) is 33.5. The maximum Gasteiger partial charge on any atom is 0.250 e. The van der Waals surface area contributed by atoms with Crippen LogP contribution in [0.5, 0.6) is 5.75 Å². The van der Waals surface area contributed by atoms with E-state index in [0.717, 1.165) is 16.9 Å². The maximum atomic E-state index is 14.1. The van der Waals surface area contributed by atoms with Crippen LogP contribution in [0.25, 0.3) is 0 Å². The summed E-state index contributed by atoms with van der Waals surface area (Å²) < 4.78 is 7.09. The van der Waals surface area contributed by atoms with Crippen LogP contribution in [-0.4, -0.2) is 113 Å². The molecule has 2 aromatic carbocycles. The first-order valence-electron chi connectivity index (χ1n) is 15.8. The van der Waals surface area contributed by atoms with Crippen molar-refractivity contribution in [2.24, 2.45) is 12.8 Å². The van der Waals surface area contributed by atoms with Crippen LogP contribution < -0.4 is 20.7 Å². The quantitative estimate of drug-likeness (QED) is 0.312. The highest BCUT2D eigenvalue weighted by atomic mass is 16.5. The van der Waals surface area contributed by atoms with Gasteiger partial charge in [0.05, 0.1) is 26.1 Å². The third-order valence-electron chi connectivity index (χ3n) is 9.20. The van der Waals surface area contributed by atoms with Gasteiger partial charge in [0.1, 0.15) is 23.9 Å². The Bertz CT molecular complexity index is 1570. The normalized spacial score (nSPS) is 17.0. The molecule has 3 aromatic rings. The highest BCUT2D eigenvalue weighted by Crippen LogP contribution is 2.39. The lowest BCUT2D eigenvalue weighted by Gasteiger charge is -2.44. The average molecular weight is 645 g/mol. The van der Waals surface area contributed by atoms with E-state index in [4.69, 9.17) is 10.5 Å². The number of piperidine rings is 1. The number of nitrogens with one attached hydrogen (secondary N) is 1. The molecule has 0 bridgehead atoms. The van der Waals surface area contributed by atoms with Crippen LogP contribution in [0.15, 0.2) is 67.1 Å².